The van der Waals surface area contributed by atoms with E-state index in [1.807, 2.05) is 74.9 Å². The van der Waals surface area contributed by atoms with Crippen LogP contribution < -0.4 is 11.5 Å². The molecule has 6 N–H and O–H groups in total. The van der Waals surface area contributed by atoms with Gasteiger partial charge >= 0.3 is 0 Å². The van der Waals surface area contributed by atoms with Crippen LogP contribution in [0.3, 0.4) is 0 Å². The summed E-state index contributed by atoms with van der Waals surface area (Å²) in [5.41, 5.74) is 24.1. The maximum atomic E-state index is 10.3. The molecule has 0 unspecified atom stereocenters. The summed E-state index contributed by atoms with van der Waals surface area (Å²) < 4.78 is 14.5. The van der Waals surface area contributed by atoms with E-state index in [2.05, 4.69) is 19.9 Å². The second kappa shape index (κ2) is 13.9. The van der Waals surface area contributed by atoms with Gasteiger partial charge in [-0.2, -0.15) is 0 Å². The molecular weight excluding hydrogens is 685 g/mol. The molecule has 8 aromatic rings. The molecular formula is C40H42N10O4. The summed E-state index contributed by atoms with van der Waals surface area (Å²) in [7, 11) is 3.31. The van der Waals surface area contributed by atoms with Crippen molar-refractivity contribution in [3.8, 4) is 22.9 Å². The molecule has 0 aliphatic heterocycles. The number of anilines is 2. The number of nitrogen functional groups attached to an aromatic ring is 2. The highest BCUT2D eigenvalue weighted by Crippen LogP contribution is 2.39. The van der Waals surface area contributed by atoms with Crippen molar-refractivity contribution in [1.82, 2.24) is 39.0 Å². The first kappa shape index (κ1) is 36.0. The summed E-state index contributed by atoms with van der Waals surface area (Å²) in [6, 6.07) is 11.2. The van der Waals surface area contributed by atoms with Gasteiger partial charge in [0.2, 0.25) is 0 Å². The van der Waals surface area contributed by atoms with Crippen LogP contribution in [-0.2, 0) is 22.7 Å². The number of aryl methyl sites for hydroxylation is 4. The third-order valence-electron chi connectivity index (χ3n) is 9.95. The molecule has 0 fully saturated rings. The van der Waals surface area contributed by atoms with Crippen molar-refractivity contribution >= 4 is 55.8 Å². The number of hydrogen-bond acceptors (Lipinski definition) is 12. The fraction of sp³-hybridized carbons (Fsp3) is 0.250. The van der Waals surface area contributed by atoms with Gasteiger partial charge in [-0.25, -0.2) is 29.9 Å². The van der Waals surface area contributed by atoms with E-state index in [9.17, 15) is 10.2 Å². The van der Waals surface area contributed by atoms with Crippen molar-refractivity contribution in [2.24, 2.45) is 0 Å². The predicted octanol–water partition coefficient (Wildman–Crippen LogP) is 6.66. The van der Waals surface area contributed by atoms with E-state index >= 15 is 0 Å². The summed E-state index contributed by atoms with van der Waals surface area (Å²) in [5, 5.41) is 23.8. The van der Waals surface area contributed by atoms with Crippen LogP contribution in [0, 0.1) is 41.5 Å². The zero-order valence-corrected chi connectivity index (χ0v) is 31.5. The highest BCUT2D eigenvalue weighted by molar-refractivity contribution is 6.12. The van der Waals surface area contributed by atoms with Gasteiger partial charge in [-0.3, -0.25) is 9.13 Å². The standard InChI is InChI=1S/2C20H21N5O2/c2*1-10-5-6-15(26)11(2)17(10)25-19-14(7-13(8-27-4)12(3)24-19)16-18(21)22-9-23-20(16)25/h2*5-7,9,26H,8H2,1-4H3,(H2,21,22,23). The minimum Gasteiger partial charge on any atom is -0.508 e. The van der Waals surface area contributed by atoms with Gasteiger partial charge in [0.05, 0.1) is 35.4 Å². The van der Waals surface area contributed by atoms with E-state index in [1.54, 1.807) is 26.4 Å². The molecule has 6 heterocycles. The Kier molecular flexibility index (Phi) is 9.25. The molecule has 14 heteroatoms. The summed E-state index contributed by atoms with van der Waals surface area (Å²) >= 11 is 0. The number of methoxy groups -OCH3 is 2. The van der Waals surface area contributed by atoms with Crippen molar-refractivity contribution in [2.45, 2.75) is 54.8 Å². The molecule has 0 bridgehead atoms. The number of hydrogen-bond donors (Lipinski definition) is 4. The molecule has 0 aliphatic rings. The number of benzene rings is 2. The first-order chi connectivity index (χ1) is 25.9. The van der Waals surface area contributed by atoms with E-state index < -0.39 is 0 Å². The van der Waals surface area contributed by atoms with Crippen molar-refractivity contribution in [3.63, 3.8) is 0 Å². The van der Waals surface area contributed by atoms with E-state index in [0.29, 0.717) is 36.1 Å². The Morgan fingerprint density at radius 2 is 0.963 bits per heavy atom. The minimum absolute atomic E-state index is 0.223. The summed E-state index contributed by atoms with van der Waals surface area (Å²) in [5.74, 6) is 1.24. The number of fused-ring (bicyclic) bond motifs is 6. The van der Waals surface area contributed by atoms with Crippen LogP contribution in [0.2, 0.25) is 0 Å². The molecule has 0 spiro atoms. The maximum absolute atomic E-state index is 10.3. The van der Waals surface area contributed by atoms with Gasteiger partial charge in [0, 0.05) is 47.5 Å². The molecule has 6 aromatic heterocycles. The highest BCUT2D eigenvalue weighted by atomic mass is 16.5. The molecule has 0 atom stereocenters. The Balaban J connectivity index is 0.000000167. The largest absolute Gasteiger partial charge is 0.508 e. The first-order valence-electron chi connectivity index (χ1n) is 17.3. The van der Waals surface area contributed by atoms with Gasteiger partial charge in [-0.15, -0.1) is 0 Å². The number of nitrogens with zero attached hydrogens (tertiary/aromatic N) is 8. The fourth-order valence-electron chi connectivity index (χ4n) is 7.18. The molecule has 0 radical (unpaired) electrons. The Morgan fingerprint density at radius 1 is 0.574 bits per heavy atom. The molecule has 0 aliphatic carbocycles. The van der Waals surface area contributed by atoms with Crippen LogP contribution in [0.5, 0.6) is 11.5 Å². The lowest BCUT2D eigenvalue weighted by Crippen LogP contribution is -2.04. The molecule has 0 amide bonds. The van der Waals surface area contributed by atoms with Gasteiger partial charge in [-0.05, 0) is 88.1 Å². The maximum Gasteiger partial charge on any atom is 0.152 e. The second-order valence-electron chi connectivity index (χ2n) is 13.4. The second-order valence-corrected chi connectivity index (χ2v) is 13.4. The highest BCUT2D eigenvalue weighted by Gasteiger charge is 2.23. The molecule has 8 rings (SSSR count). The number of pyridine rings is 2. The first-order valence-corrected chi connectivity index (χ1v) is 17.3. The Labute approximate surface area is 311 Å². The fourth-order valence-corrected chi connectivity index (χ4v) is 7.18. The molecule has 276 valence electrons. The van der Waals surface area contributed by atoms with Crippen LogP contribution in [0.1, 0.15) is 44.8 Å². The summed E-state index contributed by atoms with van der Waals surface area (Å²) in [4.78, 5) is 27.0. The Morgan fingerprint density at radius 3 is 1.33 bits per heavy atom. The normalized spacial score (nSPS) is 11.6. The molecule has 0 saturated carbocycles. The lowest BCUT2D eigenvalue weighted by molar-refractivity contribution is 0.184. The number of nitrogens with two attached hydrogens (primary N) is 2. The van der Waals surface area contributed by atoms with Crippen LogP contribution in [0.15, 0.2) is 49.1 Å². The average Bonchev–Trinajstić information content (AvgIpc) is 3.62. The van der Waals surface area contributed by atoms with Gasteiger partial charge in [-0.1, -0.05) is 12.1 Å². The van der Waals surface area contributed by atoms with E-state index in [4.69, 9.17) is 30.9 Å². The van der Waals surface area contributed by atoms with Crippen molar-refractivity contribution in [2.75, 3.05) is 25.7 Å². The smallest absolute Gasteiger partial charge is 0.152 e. The Hall–Kier alpha value is -6.38. The average molecular weight is 727 g/mol. The van der Waals surface area contributed by atoms with Gasteiger partial charge in [0.25, 0.3) is 0 Å². The quantitative estimate of drug-likeness (QED) is 0.142. The van der Waals surface area contributed by atoms with Crippen LogP contribution in [-0.4, -0.2) is 63.5 Å². The van der Waals surface area contributed by atoms with Crippen LogP contribution in [0.25, 0.3) is 55.5 Å². The lowest BCUT2D eigenvalue weighted by atomic mass is 10.1. The van der Waals surface area contributed by atoms with Crippen molar-refractivity contribution < 1.29 is 19.7 Å². The molecule has 2 aromatic carbocycles. The molecule has 14 nitrogen and oxygen atoms in total. The summed E-state index contributed by atoms with van der Waals surface area (Å²) in [6.07, 6.45) is 2.90. The summed E-state index contributed by atoms with van der Waals surface area (Å²) in [6.45, 7) is 12.6. The van der Waals surface area contributed by atoms with Gasteiger partial charge in [0.15, 0.2) is 11.3 Å². The topological polar surface area (TPSA) is 198 Å². The van der Waals surface area contributed by atoms with Crippen molar-refractivity contribution in [1.29, 1.82) is 0 Å². The number of aromatic hydroxyl groups is 2. The van der Waals surface area contributed by atoms with Gasteiger partial charge < -0.3 is 31.2 Å². The van der Waals surface area contributed by atoms with Crippen molar-refractivity contribution in [3.05, 3.63) is 93.8 Å². The lowest BCUT2D eigenvalue weighted by Gasteiger charge is -2.14. The molecule has 54 heavy (non-hydrogen) atoms. The SMILES string of the molecule is COCc1cc2c3c(N)ncnc3n(-c3c(C)ccc(O)c3C)c2nc1C.COCc1cc2c3c(N)ncnc3n(-c3c(C)ccc(O)c3C)c2nc1C. The van der Waals surface area contributed by atoms with Crippen LogP contribution >= 0.6 is 0 Å². The Bertz CT molecular complexity index is 2580. The van der Waals surface area contributed by atoms with E-state index in [0.717, 1.165) is 89.0 Å². The van der Waals surface area contributed by atoms with Crippen LogP contribution in [0.4, 0.5) is 11.6 Å². The minimum atomic E-state index is 0.223. The van der Waals surface area contributed by atoms with E-state index in [1.165, 1.54) is 12.7 Å². The number of phenolic OH excluding ortho intramolecular Hbond substituents is 2. The predicted molar refractivity (Wildman–Crippen MR) is 210 cm³/mol. The van der Waals surface area contributed by atoms with Gasteiger partial charge in [0.1, 0.15) is 47.1 Å². The van der Waals surface area contributed by atoms with E-state index in [-0.39, 0.29) is 11.5 Å². The third kappa shape index (κ3) is 5.76. The monoisotopic (exact) mass is 726 g/mol. The number of aromatic nitrogens is 8. The number of phenols is 2. The number of rotatable bonds is 6. The number of ether oxygens (including phenoxy) is 2. The zero-order chi connectivity index (χ0) is 38.6. The zero-order valence-electron chi connectivity index (χ0n) is 31.5. The third-order valence-corrected chi connectivity index (χ3v) is 9.95. The molecule has 0 saturated heterocycles.